The number of thioether (sulfide) groups is 1. The zero-order valence-corrected chi connectivity index (χ0v) is 22.3. The van der Waals surface area contributed by atoms with Gasteiger partial charge in [-0.2, -0.15) is 0 Å². The molecule has 0 spiro atoms. The van der Waals surface area contributed by atoms with Crippen molar-refractivity contribution in [2.24, 2.45) is 5.92 Å². The highest BCUT2D eigenvalue weighted by Crippen LogP contribution is 2.39. The molecule has 1 saturated heterocycles. The molecule has 8 heteroatoms. The number of rotatable bonds is 9. The van der Waals surface area contributed by atoms with Crippen LogP contribution in [0.15, 0.2) is 58.8 Å². The number of fused-ring (bicyclic) bond motifs is 1. The molecule has 0 atom stereocenters. The van der Waals surface area contributed by atoms with Crippen molar-refractivity contribution in [2.45, 2.75) is 37.5 Å². The lowest BCUT2D eigenvalue weighted by atomic mass is 10.00. The third-order valence-electron chi connectivity index (χ3n) is 6.93. The Labute approximate surface area is 221 Å². The van der Waals surface area contributed by atoms with Gasteiger partial charge in [0.1, 0.15) is 11.5 Å². The number of carbonyl (C=O) groups excluding carboxylic acids is 1. The molecule has 6 nitrogen and oxygen atoms in total. The molecule has 5 rings (SSSR count). The summed E-state index contributed by atoms with van der Waals surface area (Å²) >= 11 is 1.80. The van der Waals surface area contributed by atoms with Crippen LogP contribution in [0.1, 0.15) is 32.6 Å². The predicted octanol–water partition coefficient (Wildman–Crippen LogP) is 6.66. The number of ether oxygens (including phenoxy) is 2. The molecule has 2 heterocycles. The van der Waals surface area contributed by atoms with E-state index in [2.05, 4.69) is 22.2 Å². The van der Waals surface area contributed by atoms with Crippen LogP contribution in [0, 0.1) is 11.7 Å². The van der Waals surface area contributed by atoms with Crippen LogP contribution in [-0.2, 0) is 4.79 Å². The Bertz CT molecular complexity index is 1350. The summed E-state index contributed by atoms with van der Waals surface area (Å²) < 4.78 is 26.7. The van der Waals surface area contributed by atoms with Gasteiger partial charge >= 0.3 is 0 Å². The van der Waals surface area contributed by atoms with Crippen LogP contribution >= 0.6 is 11.8 Å². The summed E-state index contributed by atoms with van der Waals surface area (Å²) in [6.07, 6.45) is 5.90. The minimum atomic E-state index is -0.518. The topological polar surface area (TPSA) is 63.7 Å². The van der Waals surface area contributed by atoms with Crippen molar-refractivity contribution in [3.8, 4) is 17.2 Å². The molecule has 3 aromatic rings. The summed E-state index contributed by atoms with van der Waals surface area (Å²) in [7, 11) is 3.84. The maximum absolute atomic E-state index is 15.0. The summed E-state index contributed by atoms with van der Waals surface area (Å²) in [5, 5.41) is 3.82. The number of hydrogen-bond donors (Lipinski definition) is 1. The molecular formula is C29H32FN3O3S. The molecule has 1 saturated carbocycles. The van der Waals surface area contributed by atoms with E-state index >= 15 is 4.39 Å². The average Bonchev–Trinajstić information content (AvgIpc) is 3.73. The number of ketones is 1. The summed E-state index contributed by atoms with van der Waals surface area (Å²) in [6.45, 7) is 3.81. The fourth-order valence-electron chi connectivity index (χ4n) is 4.59. The number of halogens is 1. The van der Waals surface area contributed by atoms with Crippen molar-refractivity contribution >= 4 is 34.1 Å². The maximum atomic E-state index is 15.0. The number of likely N-dealkylation sites (tertiary alicyclic amines) is 1. The van der Waals surface area contributed by atoms with Crippen LogP contribution < -0.4 is 14.8 Å². The first-order chi connectivity index (χ1) is 17.9. The first-order valence-electron chi connectivity index (χ1n) is 12.7. The fraction of sp³-hybridized carbons (Fsp3) is 0.379. The summed E-state index contributed by atoms with van der Waals surface area (Å²) in [6, 6.07) is 10.3. The lowest BCUT2D eigenvalue weighted by Crippen LogP contribution is -2.30. The standard InChI is InChI=1S/C29H32FN3O3S/c1-18(34)29(20-4-5-20)32-21-6-7-26(23(30)14-21)36-25-8-11-31-24-16-28(27(35-3)15-22(24)25)37-17-19-9-12-33(2)13-10-19/h6-8,11,14-16,19,32H,4-5,9-10,12-13,17H2,1-3H3. The number of anilines is 1. The van der Waals surface area contributed by atoms with Crippen LogP contribution in [0.25, 0.3) is 10.9 Å². The van der Waals surface area contributed by atoms with Crippen molar-refractivity contribution in [1.29, 1.82) is 0 Å². The number of Topliss-reactive ketones (excluding diaryl/α,β-unsaturated/α-hetero) is 1. The zero-order valence-electron chi connectivity index (χ0n) is 21.5. The van der Waals surface area contributed by atoms with Gasteiger partial charge in [-0.15, -0.1) is 11.8 Å². The molecule has 2 aliphatic rings. The van der Waals surface area contributed by atoms with Gasteiger partial charge in [0.05, 0.1) is 23.2 Å². The third kappa shape index (κ3) is 6.08. The molecule has 0 radical (unpaired) electrons. The molecule has 2 fully saturated rings. The molecule has 0 unspecified atom stereocenters. The van der Waals surface area contributed by atoms with Gasteiger partial charge < -0.3 is 19.7 Å². The second-order valence-corrected chi connectivity index (χ2v) is 10.9. The number of aromatic nitrogens is 1. The minimum absolute atomic E-state index is 0.0469. The van der Waals surface area contributed by atoms with E-state index in [1.807, 2.05) is 12.1 Å². The molecule has 37 heavy (non-hydrogen) atoms. The predicted molar refractivity (Wildman–Crippen MR) is 146 cm³/mol. The van der Waals surface area contributed by atoms with Gasteiger partial charge in [0.15, 0.2) is 17.3 Å². The Morgan fingerprint density at radius 1 is 1.14 bits per heavy atom. The van der Waals surface area contributed by atoms with Crippen molar-refractivity contribution in [2.75, 3.05) is 38.3 Å². The monoisotopic (exact) mass is 521 g/mol. The Hall–Kier alpha value is -3.10. The van der Waals surface area contributed by atoms with E-state index in [1.165, 1.54) is 25.8 Å². The van der Waals surface area contributed by atoms with Gasteiger partial charge in [-0.3, -0.25) is 9.78 Å². The van der Waals surface area contributed by atoms with Gasteiger partial charge in [0, 0.05) is 36.0 Å². The Kier molecular flexibility index (Phi) is 7.67. The van der Waals surface area contributed by atoms with Crippen LogP contribution in [0.4, 0.5) is 10.1 Å². The normalized spacial score (nSPS) is 16.1. The van der Waals surface area contributed by atoms with Crippen molar-refractivity contribution in [3.63, 3.8) is 0 Å². The molecule has 0 amide bonds. The fourth-order valence-corrected chi connectivity index (χ4v) is 5.82. The van der Waals surface area contributed by atoms with Gasteiger partial charge in [-0.1, -0.05) is 0 Å². The number of benzene rings is 2. The highest BCUT2D eigenvalue weighted by molar-refractivity contribution is 7.99. The Morgan fingerprint density at radius 3 is 2.59 bits per heavy atom. The molecule has 1 aliphatic carbocycles. The number of methoxy groups -OCH3 is 1. The number of pyridine rings is 1. The van der Waals surface area contributed by atoms with E-state index in [4.69, 9.17) is 9.47 Å². The third-order valence-corrected chi connectivity index (χ3v) is 8.19. The largest absolute Gasteiger partial charge is 0.496 e. The van der Waals surface area contributed by atoms with Crippen LogP contribution in [-0.4, -0.2) is 48.7 Å². The van der Waals surface area contributed by atoms with E-state index in [-0.39, 0.29) is 11.5 Å². The summed E-state index contributed by atoms with van der Waals surface area (Å²) in [5.74, 6) is 2.52. The maximum Gasteiger partial charge on any atom is 0.175 e. The number of nitrogens with one attached hydrogen (secondary N) is 1. The highest BCUT2D eigenvalue weighted by Gasteiger charge is 2.22. The van der Waals surface area contributed by atoms with Crippen LogP contribution in [0.2, 0.25) is 0 Å². The van der Waals surface area contributed by atoms with Crippen LogP contribution in [0.3, 0.4) is 0 Å². The minimum Gasteiger partial charge on any atom is -0.496 e. The van der Waals surface area contributed by atoms with Crippen molar-refractivity contribution in [1.82, 2.24) is 9.88 Å². The smallest absolute Gasteiger partial charge is 0.175 e. The van der Waals surface area contributed by atoms with E-state index < -0.39 is 5.82 Å². The quantitative estimate of drug-likeness (QED) is 0.250. The number of piperidine rings is 1. The van der Waals surface area contributed by atoms with Crippen molar-refractivity contribution in [3.05, 3.63) is 59.7 Å². The number of allylic oxidation sites excluding steroid dienone is 2. The molecular weight excluding hydrogens is 489 g/mol. The van der Waals surface area contributed by atoms with E-state index in [1.54, 1.807) is 43.3 Å². The molecule has 1 N–H and O–H groups in total. The van der Waals surface area contributed by atoms with Gasteiger partial charge in [-0.25, -0.2) is 4.39 Å². The number of carbonyl (C=O) groups is 1. The lowest BCUT2D eigenvalue weighted by molar-refractivity contribution is -0.113. The highest BCUT2D eigenvalue weighted by atomic mass is 32.2. The van der Waals surface area contributed by atoms with E-state index in [9.17, 15) is 4.79 Å². The van der Waals surface area contributed by atoms with E-state index in [0.29, 0.717) is 23.1 Å². The van der Waals surface area contributed by atoms with E-state index in [0.717, 1.165) is 58.8 Å². The second kappa shape index (κ2) is 11.1. The molecule has 1 aromatic heterocycles. The summed E-state index contributed by atoms with van der Waals surface area (Å²) in [5.41, 5.74) is 2.92. The average molecular weight is 522 g/mol. The Morgan fingerprint density at radius 2 is 1.92 bits per heavy atom. The number of hydrogen-bond acceptors (Lipinski definition) is 7. The second-order valence-electron chi connectivity index (χ2n) is 9.79. The summed E-state index contributed by atoms with van der Waals surface area (Å²) in [4.78, 5) is 19.9. The van der Waals surface area contributed by atoms with Gasteiger partial charge in [0.2, 0.25) is 0 Å². The van der Waals surface area contributed by atoms with Gasteiger partial charge in [-0.05, 0) is 87.6 Å². The van der Waals surface area contributed by atoms with Crippen LogP contribution in [0.5, 0.6) is 17.2 Å². The van der Waals surface area contributed by atoms with Gasteiger partial charge in [0.25, 0.3) is 0 Å². The molecule has 0 bridgehead atoms. The first-order valence-corrected chi connectivity index (χ1v) is 13.7. The Balaban J connectivity index is 1.34. The molecule has 194 valence electrons. The molecule has 1 aliphatic heterocycles. The van der Waals surface area contributed by atoms with Crippen molar-refractivity contribution < 1.29 is 18.7 Å². The lowest BCUT2D eigenvalue weighted by Gasteiger charge is -2.28. The number of nitrogens with zero attached hydrogens (tertiary/aromatic N) is 2. The zero-order chi connectivity index (χ0) is 25.9. The molecule has 2 aromatic carbocycles. The SMILES string of the molecule is COc1cc2c(Oc3ccc(NC(C(C)=O)=C4CC4)cc3F)ccnc2cc1SCC1CCN(C)CC1. The first kappa shape index (κ1) is 25.5.